The minimum Gasteiger partial charge on any atom is -0.497 e. The second-order valence-electron chi connectivity index (χ2n) is 14.3. The molecule has 3 aromatic rings. The van der Waals surface area contributed by atoms with E-state index in [4.69, 9.17) is 4.74 Å². The number of methoxy groups -OCH3 is 1. The maximum atomic E-state index is 14.8. The third-order valence-corrected chi connectivity index (χ3v) is 12.7. The van der Waals surface area contributed by atoms with Crippen LogP contribution in [-0.2, 0) is 21.5 Å². The number of aromatic nitrogens is 1. The molecule has 2 aromatic carbocycles. The Labute approximate surface area is 285 Å². The van der Waals surface area contributed by atoms with E-state index in [0.29, 0.717) is 12.5 Å². The number of carbonyl (C=O) groups is 2. The standard InChI is InChI=1S/C37H51N5O5S/c1-8-26(22-40(5)9-2)41(6)36(44)37-21-31(37)30-20-27(47-7)16-18-28(30)34-33(24-13-11-10-12-14-24)29-17-15-25(19-32(29)42(34)23-37)35(43)38-48(45,46)39(3)4/h15-20,24,26,31H,8-14,21-23H2,1-7H3,(H,38,43)/t26-,31-,37-/m1/s1. The molecule has 0 unspecified atom stereocenters. The first kappa shape index (κ1) is 34.5. The van der Waals surface area contributed by atoms with Crippen molar-refractivity contribution in [1.29, 1.82) is 0 Å². The molecule has 260 valence electrons. The molecule has 2 fully saturated rings. The molecule has 2 aliphatic carbocycles. The number of likely N-dealkylation sites (N-methyl/N-ethyl adjacent to an activating group) is 2. The van der Waals surface area contributed by atoms with Crippen molar-refractivity contribution in [3.05, 3.63) is 53.1 Å². The molecule has 1 N–H and O–H groups in total. The fourth-order valence-corrected chi connectivity index (χ4v) is 8.76. The second-order valence-corrected chi connectivity index (χ2v) is 16.2. The Hall–Kier alpha value is -3.41. The lowest BCUT2D eigenvalue weighted by atomic mass is 9.81. The van der Waals surface area contributed by atoms with Gasteiger partial charge in [-0.2, -0.15) is 12.7 Å². The highest BCUT2D eigenvalue weighted by Crippen LogP contribution is 2.66. The number of rotatable bonds is 11. The average Bonchev–Trinajstić information content (AvgIpc) is 3.75. The smallest absolute Gasteiger partial charge is 0.303 e. The van der Waals surface area contributed by atoms with Crippen molar-refractivity contribution in [2.24, 2.45) is 5.41 Å². The zero-order chi connectivity index (χ0) is 34.5. The predicted molar refractivity (Wildman–Crippen MR) is 190 cm³/mol. The molecule has 0 spiro atoms. The Morgan fingerprint density at radius 1 is 1.04 bits per heavy atom. The van der Waals surface area contributed by atoms with Crippen LogP contribution < -0.4 is 9.46 Å². The minimum absolute atomic E-state index is 0.0323. The number of nitrogens with zero attached hydrogens (tertiary/aromatic N) is 4. The molecule has 6 rings (SSSR count). The van der Waals surface area contributed by atoms with Crippen LogP contribution in [0, 0.1) is 5.41 Å². The van der Waals surface area contributed by atoms with Gasteiger partial charge in [0.1, 0.15) is 5.75 Å². The van der Waals surface area contributed by atoms with E-state index in [0.717, 1.165) is 89.4 Å². The fraction of sp³-hybridized carbons (Fsp3) is 0.568. The highest BCUT2D eigenvalue weighted by Gasteiger charge is 2.64. The van der Waals surface area contributed by atoms with Gasteiger partial charge in [-0.05, 0) is 86.7 Å². The molecule has 0 radical (unpaired) electrons. The Balaban J connectivity index is 1.55. The van der Waals surface area contributed by atoms with Crippen molar-refractivity contribution in [2.75, 3.05) is 48.4 Å². The average molecular weight is 678 g/mol. The van der Waals surface area contributed by atoms with E-state index in [2.05, 4.69) is 47.2 Å². The van der Waals surface area contributed by atoms with Crippen LogP contribution in [0.1, 0.15) is 92.1 Å². The van der Waals surface area contributed by atoms with Gasteiger partial charge < -0.3 is 19.1 Å². The van der Waals surface area contributed by atoms with Crippen LogP contribution in [0.15, 0.2) is 36.4 Å². The summed E-state index contributed by atoms with van der Waals surface area (Å²) in [6.45, 7) is 6.47. The van der Waals surface area contributed by atoms with Crippen molar-refractivity contribution < 1.29 is 22.7 Å². The monoisotopic (exact) mass is 677 g/mol. The van der Waals surface area contributed by atoms with E-state index in [1.165, 1.54) is 26.1 Å². The summed E-state index contributed by atoms with van der Waals surface area (Å²) in [4.78, 5) is 32.4. The summed E-state index contributed by atoms with van der Waals surface area (Å²) in [5.41, 5.74) is 5.13. The van der Waals surface area contributed by atoms with Gasteiger partial charge in [0.05, 0.1) is 18.2 Å². The fourth-order valence-electron chi connectivity index (χ4n) is 8.22. The number of hydrogen-bond acceptors (Lipinski definition) is 6. The van der Waals surface area contributed by atoms with Crippen molar-refractivity contribution in [1.82, 2.24) is 23.4 Å². The lowest BCUT2D eigenvalue weighted by molar-refractivity contribution is -0.139. The van der Waals surface area contributed by atoms with Crippen LogP contribution in [0.2, 0.25) is 0 Å². The highest BCUT2D eigenvalue weighted by atomic mass is 32.2. The normalized spacial score (nSPS) is 21.3. The number of nitrogens with one attached hydrogen (secondary N) is 1. The number of carbonyl (C=O) groups excluding carboxylic acids is 2. The zero-order valence-electron chi connectivity index (χ0n) is 29.5. The summed E-state index contributed by atoms with van der Waals surface area (Å²) < 4.78 is 36.4. The number of fused-ring (bicyclic) bond motifs is 7. The van der Waals surface area contributed by atoms with E-state index in [1.54, 1.807) is 13.2 Å². The summed E-state index contributed by atoms with van der Waals surface area (Å²) in [5.74, 6) is 0.623. The van der Waals surface area contributed by atoms with Crippen LogP contribution >= 0.6 is 0 Å². The van der Waals surface area contributed by atoms with Gasteiger partial charge >= 0.3 is 10.2 Å². The maximum absolute atomic E-state index is 14.8. The first-order valence-electron chi connectivity index (χ1n) is 17.4. The molecule has 0 saturated heterocycles. The molecule has 2 heterocycles. The van der Waals surface area contributed by atoms with Crippen molar-refractivity contribution in [3.63, 3.8) is 0 Å². The van der Waals surface area contributed by atoms with E-state index >= 15 is 0 Å². The highest BCUT2D eigenvalue weighted by molar-refractivity contribution is 7.87. The largest absolute Gasteiger partial charge is 0.497 e. The van der Waals surface area contributed by atoms with Gasteiger partial charge in [-0.1, -0.05) is 39.2 Å². The summed E-state index contributed by atoms with van der Waals surface area (Å²) in [6.07, 6.45) is 7.30. The van der Waals surface area contributed by atoms with Gasteiger partial charge in [-0.3, -0.25) is 9.59 Å². The summed E-state index contributed by atoms with van der Waals surface area (Å²) in [5, 5.41) is 1.07. The van der Waals surface area contributed by atoms with Crippen LogP contribution in [0.4, 0.5) is 0 Å². The molecule has 10 nitrogen and oxygen atoms in total. The topological polar surface area (TPSA) is 104 Å². The summed E-state index contributed by atoms with van der Waals surface area (Å²) in [7, 11) is 4.53. The lowest BCUT2D eigenvalue weighted by Gasteiger charge is -2.34. The Morgan fingerprint density at radius 3 is 2.42 bits per heavy atom. The SMILES string of the molecule is CC[C@H](CN(C)CC)N(C)C(=O)[C@@]12C[C@@H]1c1cc(OC)ccc1-c1c(C3CCCCC3)c3ccc(C(=O)NS(=O)(=O)N(C)C)cc3n1C2. The summed E-state index contributed by atoms with van der Waals surface area (Å²) >= 11 is 0. The molecular formula is C37H51N5O5S. The number of benzene rings is 2. The first-order valence-corrected chi connectivity index (χ1v) is 18.9. The van der Waals surface area contributed by atoms with E-state index in [-0.39, 0.29) is 23.4 Å². The van der Waals surface area contributed by atoms with Crippen LogP contribution in [-0.4, -0.2) is 93.3 Å². The molecule has 2 saturated carbocycles. The van der Waals surface area contributed by atoms with Crippen molar-refractivity contribution in [2.45, 2.75) is 83.2 Å². The van der Waals surface area contributed by atoms with Crippen LogP contribution in [0.3, 0.4) is 0 Å². The molecular weight excluding hydrogens is 627 g/mol. The quantitative estimate of drug-likeness (QED) is 0.285. The van der Waals surface area contributed by atoms with Gasteiger partial charge in [-0.25, -0.2) is 4.72 Å². The third kappa shape index (κ3) is 5.92. The predicted octanol–water partition coefficient (Wildman–Crippen LogP) is 5.58. The van der Waals surface area contributed by atoms with E-state index in [9.17, 15) is 18.0 Å². The Kier molecular flexibility index (Phi) is 9.43. The molecule has 2 amide bonds. The molecule has 1 aliphatic heterocycles. The molecule has 3 atom stereocenters. The maximum Gasteiger partial charge on any atom is 0.303 e. The zero-order valence-corrected chi connectivity index (χ0v) is 30.3. The van der Waals surface area contributed by atoms with Gasteiger partial charge in [0, 0.05) is 68.2 Å². The van der Waals surface area contributed by atoms with Crippen LogP contribution in [0.5, 0.6) is 5.75 Å². The summed E-state index contributed by atoms with van der Waals surface area (Å²) in [6, 6.07) is 11.9. The van der Waals surface area contributed by atoms with E-state index < -0.39 is 21.5 Å². The molecule has 1 aromatic heterocycles. The number of ether oxygens (including phenoxy) is 1. The van der Waals surface area contributed by atoms with Crippen molar-refractivity contribution in [3.8, 4) is 17.0 Å². The van der Waals surface area contributed by atoms with Crippen LogP contribution in [0.25, 0.3) is 22.2 Å². The lowest BCUT2D eigenvalue weighted by Crippen LogP contribution is -2.47. The number of amides is 2. The second kappa shape index (κ2) is 13.1. The Morgan fingerprint density at radius 2 is 1.77 bits per heavy atom. The first-order chi connectivity index (χ1) is 22.9. The minimum atomic E-state index is -3.97. The Bertz CT molecular complexity index is 1830. The van der Waals surface area contributed by atoms with E-state index in [1.807, 2.05) is 30.1 Å². The third-order valence-electron chi connectivity index (χ3n) is 11.3. The number of hydrogen-bond donors (Lipinski definition) is 1. The van der Waals surface area contributed by atoms with Gasteiger partial charge in [0.25, 0.3) is 5.91 Å². The molecule has 48 heavy (non-hydrogen) atoms. The van der Waals surface area contributed by atoms with Gasteiger partial charge in [-0.15, -0.1) is 0 Å². The molecule has 11 heteroatoms. The molecule has 0 bridgehead atoms. The molecule has 3 aliphatic rings. The van der Waals surface area contributed by atoms with Gasteiger partial charge in [0.2, 0.25) is 5.91 Å². The van der Waals surface area contributed by atoms with Gasteiger partial charge in [0.15, 0.2) is 0 Å². The van der Waals surface area contributed by atoms with Crippen molar-refractivity contribution >= 4 is 32.9 Å².